The lowest BCUT2D eigenvalue weighted by atomic mass is 9.95. The molecular weight excluding hydrogens is 310 g/mol. The van der Waals surface area contributed by atoms with Gasteiger partial charge in [-0.1, -0.05) is 62.8 Å². The number of hydrogen-bond donors (Lipinski definition) is 1. The number of halogens is 1. The summed E-state index contributed by atoms with van der Waals surface area (Å²) in [6, 6.07) is 3.69. The second kappa shape index (κ2) is 6.87. The third kappa shape index (κ3) is 3.33. The Morgan fingerprint density at radius 2 is 1.86 bits per heavy atom. The lowest BCUT2D eigenvalue weighted by Crippen LogP contribution is -2.37. The van der Waals surface area contributed by atoms with E-state index < -0.39 is 8.07 Å². The van der Waals surface area contributed by atoms with Gasteiger partial charge in [-0.15, -0.1) is 0 Å². The summed E-state index contributed by atoms with van der Waals surface area (Å²) in [5, 5.41) is 4.29. The molecule has 1 aliphatic carbocycles. The fourth-order valence-electron chi connectivity index (χ4n) is 4.47. The normalized spacial score (nSPS) is 27.8. The molecule has 1 aromatic heterocycles. The summed E-state index contributed by atoms with van der Waals surface area (Å²) in [7, 11) is -0.912. The molecule has 1 saturated heterocycles. The van der Waals surface area contributed by atoms with Crippen molar-refractivity contribution >= 4 is 25.5 Å². The van der Waals surface area contributed by atoms with Crippen molar-refractivity contribution in [3.05, 3.63) is 17.0 Å². The van der Waals surface area contributed by atoms with Gasteiger partial charge in [0.15, 0.2) is 0 Å². The zero-order valence-corrected chi connectivity index (χ0v) is 15.6. The first-order valence-electron chi connectivity index (χ1n) is 8.88. The molecule has 2 heterocycles. The summed E-state index contributed by atoms with van der Waals surface area (Å²) in [5.41, 5.74) is 2.00. The standard InChI is InChI=1S/C17H28ClN3Si/c1-3-15-16(18)17(20-12-19-15)21-13-6-8-14(9-7-13)22(2)10-4-5-11-22/h12-14H,3-11H2,1-2H3,(H,19,20,21). The van der Waals surface area contributed by atoms with Gasteiger partial charge in [0.25, 0.3) is 0 Å². The SMILES string of the molecule is CCc1ncnc(NC2CCC([Si]3(C)CCCC3)CC2)c1Cl. The number of aryl methyl sites for hydroxylation is 1. The molecule has 1 aromatic rings. The molecular formula is C17H28ClN3Si. The zero-order valence-electron chi connectivity index (χ0n) is 13.9. The molecule has 1 saturated carbocycles. The molecule has 3 nitrogen and oxygen atoms in total. The molecule has 3 rings (SSSR count). The van der Waals surface area contributed by atoms with Gasteiger partial charge in [-0.25, -0.2) is 9.97 Å². The molecule has 0 aromatic carbocycles. The first-order chi connectivity index (χ1) is 10.6. The van der Waals surface area contributed by atoms with Crippen LogP contribution in [0.1, 0.15) is 51.1 Å². The molecule has 2 aliphatic rings. The number of rotatable bonds is 4. The lowest BCUT2D eigenvalue weighted by molar-refractivity contribution is 0.451. The maximum absolute atomic E-state index is 6.40. The minimum absolute atomic E-state index is 0.535. The van der Waals surface area contributed by atoms with Gasteiger partial charge in [0, 0.05) is 6.04 Å². The van der Waals surface area contributed by atoms with Gasteiger partial charge in [0.1, 0.15) is 17.2 Å². The molecule has 22 heavy (non-hydrogen) atoms. The van der Waals surface area contributed by atoms with E-state index >= 15 is 0 Å². The Bertz CT molecular complexity index is 509. The molecule has 0 radical (unpaired) electrons. The molecule has 0 spiro atoms. The van der Waals surface area contributed by atoms with Crippen molar-refractivity contribution in [2.24, 2.45) is 0 Å². The second-order valence-corrected chi connectivity index (χ2v) is 12.9. The molecule has 5 heteroatoms. The van der Waals surface area contributed by atoms with Gasteiger partial charge in [0.05, 0.1) is 13.8 Å². The van der Waals surface area contributed by atoms with E-state index in [4.69, 9.17) is 11.6 Å². The van der Waals surface area contributed by atoms with Crippen LogP contribution >= 0.6 is 11.6 Å². The van der Waals surface area contributed by atoms with Crippen LogP contribution in [0.15, 0.2) is 6.33 Å². The fraction of sp³-hybridized carbons (Fsp3) is 0.765. The summed E-state index contributed by atoms with van der Waals surface area (Å²) in [4.78, 5) is 8.59. The van der Waals surface area contributed by atoms with Gasteiger partial charge in [-0.3, -0.25) is 0 Å². The van der Waals surface area contributed by atoms with E-state index in [1.54, 1.807) is 18.4 Å². The molecule has 122 valence electrons. The molecule has 0 bridgehead atoms. The minimum atomic E-state index is -0.912. The molecule has 0 atom stereocenters. The summed E-state index contributed by atoms with van der Waals surface area (Å²) < 4.78 is 0. The van der Waals surface area contributed by atoms with Crippen LogP contribution in [0, 0.1) is 0 Å². The first-order valence-corrected chi connectivity index (χ1v) is 12.3. The Hall–Kier alpha value is -0.613. The Labute approximate surface area is 140 Å². The van der Waals surface area contributed by atoms with E-state index in [-0.39, 0.29) is 0 Å². The zero-order chi connectivity index (χ0) is 15.6. The van der Waals surface area contributed by atoms with E-state index in [1.165, 1.54) is 38.5 Å². The predicted molar refractivity (Wildman–Crippen MR) is 96.5 cm³/mol. The Morgan fingerprint density at radius 1 is 1.18 bits per heavy atom. The van der Waals surface area contributed by atoms with E-state index in [9.17, 15) is 0 Å². The highest BCUT2D eigenvalue weighted by atomic mass is 35.5. The number of hydrogen-bond acceptors (Lipinski definition) is 3. The molecule has 2 fully saturated rings. The van der Waals surface area contributed by atoms with Crippen LogP contribution in [0.4, 0.5) is 5.82 Å². The maximum atomic E-state index is 6.40. The maximum Gasteiger partial charge on any atom is 0.148 e. The van der Waals surface area contributed by atoms with E-state index in [0.29, 0.717) is 11.1 Å². The largest absolute Gasteiger partial charge is 0.366 e. The van der Waals surface area contributed by atoms with Crippen LogP contribution in [-0.4, -0.2) is 24.1 Å². The van der Waals surface area contributed by atoms with Crippen LogP contribution in [0.2, 0.25) is 29.2 Å². The topological polar surface area (TPSA) is 37.8 Å². The van der Waals surface area contributed by atoms with Crippen molar-refractivity contribution in [3.8, 4) is 0 Å². The third-order valence-electron chi connectivity index (χ3n) is 6.00. The van der Waals surface area contributed by atoms with Crippen LogP contribution in [0.25, 0.3) is 0 Å². The molecule has 0 amide bonds. The quantitative estimate of drug-likeness (QED) is 0.758. The Morgan fingerprint density at radius 3 is 2.50 bits per heavy atom. The second-order valence-electron chi connectivity index (χ2n) is 7.39. The highest BCUT2D eigenvalue weighted by Crippen LogP contribution is 2.46. The summed E-state index contributed by atoms with van der Waals surface area (Å²) in [6.07, 6.45) is 10.8. The Kier molecular flexibility index (Phi) is 5.08. The van der Waals surface area contributed by atoms with Crippen molar-refractivity contribution in [2.45, 2.75) is 82.1 Å². The minimum Gasteiger partial charge on any atom is -0.366 e. The monoisotopic (exact) mass is 337 g/mol. The van der Waals surface area contributed by atoms with Gasteiger partial charge >= 0.3 is 0 Å². The van der Waals surface area contributed by atoms with Crippen molar-refractivity contribution in [2.75, 3.05) is 5.32 Å². The average molecular weight is 338 g/mol. The summed E-state index contributed by atoms with van der Waals surface area (Å²) in [6.45, 7) is 4.74. The van der Waals surface area contributed by atoms with Crippen LogP contribution < -0.4 is 5.32 Å². The number of nitrogens with zero attached hydrogens (tertiary/aromatic N) is 2. The van der Waals surface area contributed by atoms with E-state index in [1.807, 2.05) is 0 Å². The number of anilines is 1. The van der Waals surface area contributed by atoms with Crippen LogP contribution in [-0.2, 0) is 6.42 Å². The smallest absolute Gasteiger partial charge is 0.148 e. The number of aromatic nitrogens is 2. The number of nitrogens with one attached hydrogen (secondary N) is 1. The van der Waals surface area contributed by atoms with Gasteiger partial charge in [-0.2, -0.15) is 0 Å². The fourth-order valence-corrected chi connectivity index (χ4v) is 9.67. The lowest BCUT2D eigenvalue weighted by Gasteiger charge is -2.38. The highest BCUT2D eigenvalue weighted by Gasteiger charge is 2.40. The van der Waals surface area contributed by atoms with Crippen molar-refractivity contribution in [1.29, 1.82) is 0 Å². The highest BCUT2D eigenvalue weighted by molar-refractivity contribution is 6.80. The van der Waals surface area contributed by atoms with Crippen molar-refractivity contribution < 1.29 is 0 Å². The van der Waals surface area contributed by atoms with Gasteiger partial charge in [0.2, 0.25) is 0 Å². The van der Waals surface area contributed by atoms with Crippen molar-refractivity contribution in [1.82, 2.24) is 9.97 Å². The Balaban J connectivity index is 1.58. The van der Waals surface area contributed by atoms with Crippen LogP contribution in [0.5, 0.6) is 0 Å². The predicted octanol–water partition coefficient (Wildman–Crippen LogP) is 5.29. The average Bonchev–Trinajstić information content (AvgIpc) is 2.98. The molecule has 1 aliphatic heterocycles. The van der Waals surface area contributed by atoms with Crippen LogP contribution in [0.3, 0.4) is 0 Å². The molecule has 1 N–H and O–H groups in total. The van der Waals surface area contributed by atoms with Crippen molar-refractivity contribution in [3.63, 3.8) is 0 Å². The summed E-state index contributed by atoms with van der Waals surface area (Å²) >= 11 is 6.40. The molecule has 0 unspecified atom stereocenters. The third-order valence-corrected chi connectivity index (χ3v) is 11.9. The van der Waals surface area contributed by atoms with Gasteiger partial charge < -0.3 is 5.32 Å². The first kappa shape index (κ1) is 16.3. The van der Waals surface area contributed by atoms with E-state index in [0.717, 1.165) is 23.5 Å². The van der Waals surface area contributed by atoms with Gasteiger partial charge in [-0.05, 0) is 24.8 Å². The summed E-state index contributed by atoms with van der Waals surface area (Å²) in [5.74, 6) is 0.835. The van der Waals surface area contributed by atoms with E-state index in [2.05, 4.69) is 28.8 Å².